The monoisotopic (exact) mass is 370 g/mol. The SMILES string of the molecule is Cc1cc(C(=O)O)nn1C(C)c1cc(Cl)ccc1OCc1ccccc1. The summed E-state index contributed by atoms with van der Waals surface area (Å²) < 4.78 is 7.67. The van der Waals surface area contributed by atoms with Crippen LogP contribution in [0.1, 0.15) is 40.3 Å². The van der Waals surface area contributed by atoms with Crippen molar-refractivity contribution in [1.82, 2.24) is 9.78 Å². The number of hydrogen-bond donors (Lipinski definition) is 1. The lowest BCUT2D eigenvalue weighted by Crippen LogP contribution is -2.13. The minimum atomic E-state index is -1.05. The summed E-state index contributed by atoms with van der Waals surface area (Å²) in [6, 6.07) is 16.6. The molecular weight excluding hydrogens is 352 g/mol. The smallest absolute Gasteiger partial charge is 0.356 e. The summed E-state index contributed by atoms with van der Waals surface area (Å²) in [4.78, 5) is 11.2. The summed E-state index contributed by atoms with van der Waals surface area (Å²) in [5.74, 6) is -0.358. The first-order valence-electron chi connectivity index (χ1n) is 8.21. The Bertz CT molecular complexity index is 922. The fraction of sp³-hybridized carbons (Fsp3) is 0.200. The molecule has 1 aromatic heterocycles. The first-order valence-corrected chi connectivity index (χ1v) is 8.59. The fourth-order valence-corrected chi connectivity index (χ4v) is 3.01. The maximum atomic E-state index is 11.2. The van der Waals surface area contributed by atoms with Gasteiger partial charge in [-0.05, 0) is 43.7 Å². The molecule has 0 aliphatic heterocycles. The Morgan fingerprint density at radius 3 is 2.62 bits per heavy atom. The van der Waals surface area contributed by atoms with E-state index in [9.17, 15) is 4.79 Å². The molecule has 0 aliphatic rings. The third-order valence-electron chi connectivity index (χ3n) is 4.17. The lowest BCUT2D eigenvalue weighted by molar-refractivity contribution is 0.0689. The summed E-state index contributed by atoms with van der Waals surface area (Å²) >= 11 is 6.18. The van der Waals surface area contributed by atoms with E-state index in [2.05, 4.69) is 5.10 Å². The van der Waals surface area contributed by atoms with Gasteiger partial charge in [-0.2, -0.15) is 5.10 Å². The molecule has 1 unspecified atom stereocenters. The van der Waals surface area contributed by atoms with Crippen molar-refractivity contribution in [2.24, 2.45) is 0 Å². The lowest BCUT2D eigenvalue weighted by Gasteiger charge is -2.19. The molecule has 6 heteroatoms. The molecule has 0 fully saturated rings. The van der Waals surface area contributed by atoms with Crippen LogP contribution in [0.2, 0.25) is 5.02 Å². The zero-order chi connectivity index (χ0) is 18.7. The van der Waals surface area contributed by atoms with Crippen molar-refractivity contribution in [1.29, 1.82) is 0 Å². The van der Waals surface area contributed by atoms with E-state index in [1.54, 1.807) is 16.8 Å². The van der Waals surface area contributed by atoms with Gasteiger partial charge in [-0.3, -0.25) is 4.68 Å². The van der Waals surface area contributed by atoms with Gasteiger partial charge in [-0.1, -0.05) is 41.9 Å². The van der Waals surface area contributed by atoms with E-state index in [4.69, 9.17) is 21.4 Å². The summed E-state index contributed by atoms with van der Waals surface area (Å²) in [7, 11) is 0. The molecule has 0 spiro atoms. The van der Waals surface area contributed by atoms with Gasteiger partial charge in [-0.15, -0.1) is 0 Å². The molecule has 26 heavy (non-hydrogen) atoms. The summed E-state index contributed by atoms with van der Waals surface area (Å²) in [5.41, 5.74) is 2.67. The highest BCUT2D eigenvalue weighted by Crippen LogP contribution is 2.32. The maximum Gasteiger partial charge on any atom is 0.356 e. The predicted molar refractivity (Wildman–Crippen MR) is 100.0 cm³/mol. The van der Waals surface area contributed by atoms with Crippen molar-refractivity contribution in [3.8, 4) is 5.75 Å². The Morgan fingerprint density at radius 2 is 1.96 bits per heavy atom. The number of carbonyl (C=O) groups is 1. The van der Waals surface area contributed by atoms with E-state index < -0.39 is 5.97 Å². The van der Waals surface area contributed by atoms with Gasteiger partial charge in [0.25, 0.3) is 0 Å². The van der Waals surface area contributed by atoms with Gasteiger partial charge in [0.05, 0.1) is 6.04 Å². The van der Waals surface area contributed by atoms with Gasteiger partial charge >= 0.3 is 5.97 Å². The number of carboxylic acids is 1. The highest BCUT2D eigenvalue weighted by molar-refractivity contribution is 6.30. The van der Waals surface area contributed by atoms with E-state index in [1.807, 2.05) is 56.3 Å². The molecule has 1 heterocycles. The van der Waals surface area contributed by atoms with Crippen molar-refractivity contribution >= 4 is 17.6 Å². The molecule has 0 saturated heterocycles. The number of halogens is 1. The Kier molecular flexibility index (Phi) is 5.28. The highest BCUT2D eigenvalue weighted by atomic mass is 35.5. The van der Waals surface area contributed by atoms with Crippen LogP contribution in [0.4, 0.5) is 0 Å². The second-order valence-electron chi connectivity index (χ2n) is 6.05. The van der Waals surface area contributed by atoms with Crippen LogP contribution in [-0.2, 0) is 6.61 Å². The van der Waals surface area contributed by atoms with Crippen molar-refractivity contribution < 1.29 is 14.6 Å². The first-order chi connectivity index (χ1) is 12.5. The van der Waals surface area contributed by atoms with Crippen molar-refractivity contribution in [3.05, 3.63) is 82.1 Å². The number of rotatable bonds is 6. The number of aryl methyl sites for hydroxylation is 1. The van der Waals surface area contributed by atoms with Gasteiger partial charge < -0.3 is 9.84 Å². The molecule has 3 rings (SSSR count). The van der Waals surface area contributed by atoms with Crippen LogP contribution in [0.15, 0.2) is 54.6 Å². The minimum Gasteiger partial charge on any atom is -0.489 e. The van der Waals surface area contributed by atoms with E-state index in [-0.39, 0.29) is 11.7 Å². The van der Waals surface area contributed by atoms with Crippen LogP contribution in [0, 0.1) is 6.92 Å². The molecule has 3 aromatic rings. The van der Waals surface area contributed by atoms with Gasteiger partial charge in [0.2, 0.25) is 0 Å². The zero-order valence-corrected chi connectivity index (χ0v) is 15.3. The Balaban J connectivity index is 1.91. The predicted octanol–water partition coefficient (Wildman–Crippen LogP) is 4.73. The van der Waals surface area contributed by atoms with Gasteiger partial charge in [0.1, 0.15) is 12.4 Å². The second-order valence-corrected chi connectivity index (χ2v) is 6.49. The molecule has 1 atom stereocenters. The van der Waals surface area contributed by atoms with Crippen LogP contribution in [-0.4, -0.2) is 20.9 Å². The van der Waals surface area contributed by atoms with Crippen LogP contribution in [0.25, 0.3) is 0 Å². The number of hydrogen-bond acceptors (Lipinski definition) is 3. The van der Waals surface area contributed by atoms with Crippen molar-refractivity contribution in [2.75, 3.05) is 0 Å². The van der Waals surface area contributed by atoms with Crippen molar-refractivity contribution in [3.63, 3.8) is 0 Å². The van der Waals surface area contributed by atoms with Crippen LogP contribution >= 0.6 is 11.6 Å². The quantitative estimate of drug-likeness (QED) is 0.681. The number of aromatic nitrogens is 2. The molecule has 0 amide bonds. The number of nitrogens with zero attached hydrogens (tertiary/aromatic N) is 2. The van der Waals surface area contributed by atoms with E-state index in [1.165, 1.54) is 0 Å². The fourth-order valence-electron chi connectivity index (χ4n) is 2.83. The molecule has 0 saturated carbocycles. The number of benzene rings is 2. The number of aromatic carboxylic acids is 1. The average Bonchev–Trinajstić information content (AvgIpc) is 3.03. The molecule has 1 N–H and O–H groups in total. The van der Waals surface area contributed by atoms with E-state index >= 15 is 0 Å². The number of carboxylic acid groups (broad SMARTS) is 1. The minimum absolute atomic E-state index is 0.0168. The summed E-state index contributed by atoms with van der Waals surface area (Å²) in [6.45, 7) is 4.19. The van der Waals surface area contributed by atoms with E-state index in [0.717, 1.165) is 16.8 Å². The van der Waals surface area contributed by atoms with Crippen LogP contribution in [0.5, 0.6) is 5.75 Å². The zero-order valence-electron chi connectivity index (χ0n) is 14.5. The molecule has 0 aliphatic carbocycles. The standard InChI is InChI=1S/C20H19ClN2O3/c1-13-10-18(20(24)25)22-23(13)14(2)17-11-16(21)8-9-19(17)26-12-15-6-4-3-5-7-15/h3-11,14H,12H2,1-2H3,(H,24,25). The van der Waals surface area contributed by atoms with Crippen LogP contribution in [0.3, 0.4) is 0 Å². The highest BCUT2D eigenvalue weighted by Gasteiger charge is 2.19. The lowest BCUT2D eigenvalue weighted by atomic mass is 10.1. The Morgan fingerprint density at radius 1 is 1.23 bits per heavy atom. The maximum absolute atomic E-state index is 11.2. The summed E-state index contributed by atoms with van der Waals surface area (Å²) in [6.07, 6.45) is 0. The van der Waals surface area contributed by atoms with E-state index in [0.29, 0.717) is 17.4 Å². The molecule has 0 radical (unpaired) electrons. The second kappa shape index (κ2) is 7.62. The van der Waals surface area contributed by atoms with Crippen LogP contribution < -0.4 is 4.74 Å². The number of ether oxygens (including phenoxy) is 1. The Hall–Kier alpha value is -2.79. The molecular formula is C20H19ClN2O3. The molecule has 2 aromatic carbocycles. The normalized spacial score (nSPS) is 12.0. The molecule has 134 valence electrons. The van der Waals surface area contributed by atoms with Crippen molar-refractivity contribution in [2.45, 2.75) is 26.5 Å². The average molecular weight is 371 g/mol. The summed E-state index contributed by atoms with van der Waals surface area (Å²) in [5, 5.41) is 13.9. The third-order valence-corrected chi connectivity index (χ3v) is 4.40. The van der Waals surface area contributed by atoms with Gasteiger partial charge in [0, 0.05) is 16.3 Å². The van der Waals surface area contributed by atoms with Gasteiger partial charge in [0.15, 0.2) is 5.69 Å². The molecule has 5 nitrogen and oxygen atoms in total. The largest absolute Gasteiger partial charge is 0.489 e. The third kappa shape index (κ3) is 3.89. The first kappa shape index (κ1) is 18.0. The Labute approximate surface area is 156 Å². The molecule has 0 bridgehead atoms. The van der Waals surface area contributed by atoms with Gasteiger partial charge in [-0.25, -0.2) is 4.79 Å². The topological polar surface area (TPSA) is 64.3 Å².